The van der Waals surface area contributed by atoms with Crippen molar-refractivity contribution < 1.29 is 0 Å². The van der Waals surface area contributed by atoms with E-state index >= 15 is 0 Å². The van der Waals surface area contributed by atoms with E-state index in [1.54, 1.807) is 0 Å². The Morgan fingerprint density at radius 2 is 1.79 bits per heavy atom. The van der Waals surface area contributed by atoms with E-state index in [9.17, 15) is 0 Å². The molecule has 0 aliphatic carbocycles. The summed E-state index contributed by atoms with van der Waals surface area (Å²) in [5.74, 6) is 0.942. The van der Waals surface area contributed by atoms with Crippen molar-refractivity contribution in [1.29, 1.82) is 0 Å². The molecule has 19 heavy (non-hydrogen) atoms. The van der Waals surface area contributed by atoms with Crippen LogP contribution in [0.25, 0.3) is 0 Å². The molecule has 2 rings (SSSR count). The van der Waals surface area contributed by atoms with Gasteiger partial charge in [-0.2, -0.15) is 0 Å². The number of hydrogen-bond donors (Lipinski definition) is 1. The molecule has 0 radical (unpaired) electrons. The molecule has 1 aromatic heterocycles. The minimum Gasteiger partial charge on any atom is -0.325 e. The van der Waals surface area contributed by atoms with Crippen molar-refractivity contribution in [1.82, 2.24) is 9.55 Å². The highest BCUT2D eigenvalue weighted by atomic mass is 15.2. The zero-order chi connectivity index (χ0) is 13.7. The van der Waals surface area contributed by atoms with Crippen LogP contribution in [0, 0.1) is 0 Å². The summed E-state index contributed by atoms with van der Waals surface area (Å²) in [7, 11) is 0. The molecule has 102 valence electrons. The van der Waals surface area contributed by atoms with Crippen LogP contribution in [0.2, 0.25) is 0 Å². The van der Waals surface area contributed by atoms with Gasteiger partial charge in [-0.3, -0.25) is 0 Å². The summed E-state index contributed by atoms with van der Waals surface area (Å²) in [5, 5.41) is 3.53. The second kappa shape index (κ2) is 6.41. The Morgan fingerprint density at radius 3 is 2.37 bits per heavy atom. The predicted octanol–water partition coefficient (Wildman–Crippen LogP) is 4.16. The molecule has 0 saturated heterocycles. The molecule has 0 bridgehead atoms. The van der Waals surface area contributed by atoms with Crippen molar-refractivity contribution in [3.8, 4) is 0 Å². The zero-order valence-corrected chi connectivity index (χ0v) is 12.1. The van der Waals surface area contributed by atoms with Crippen LogP contribution in [-0.4, -0.2) is 9.55 Å². The second-order valence-corrected chi connectivity index (χ2v) is 4.73. The first-order chi connectivity index (χ1) is 9.30. The lowest BCUT2D eigenvalue weighted by Crippen LogP contribution is -2.06. The first kappa shape index (κ1) is 13.7. The monoisotopic (exact) mass is 257 g/mol. The van der Waals surface area contributed by atoms with Gasteiger partial charge in [0.25, 0.3) is 0 Å². The first-order valence-corrected chi connectivity index (χ1v) is 7.19. The van der Waals surface area contributed by atoms with E-state index in [2.05, 4.69) is 53.8 Å². The SMILES string of the molecule is CCCn1ccnc1Nc1c(CC)cccc1CC. The van der Waals surface area contributed by atoms with E-state index in [0.29, 0.717) is 0 Å². The Balaban J connectivity index is 2.34. The van der Waals surface area contributed by atoms with Crippen LogP contribution in [0.3, 0.4) is 0 Å². The lowest BCUT2D eigenvalue weighted by Gasteiger charge is -2.15. The summed E-state index contributed by atoms with van der Waals surface area (Å²) in [6, 6.07) is 6.52. The fourth-order valence-corrected chi connectivity index (χ4v) is 2.37. The molecular weight excluding hydrogens is 234 g/mol. The molecular formula is C16H23N3. The van der Waals surface area contributed by atoms with Crippen molar-refractivity contribution in [3.05, 3.63) is 41.7 Å². The van der Waals surface area contributed by atoms with Crippen molar-refractivity contribution in [3.63, 3.8) is 0 Å². The first-order valence-electron chi connectivity index (χ1n) is 7.19. The normalized spacial score (nSPS) is 10.7. The van der Waals surface area contributed by atoms with Crippen molar-refractivity contribution in [2.75, 3.05) is 5.32 Å². The van der Waals surface area contributed by atoms with Crippen LogP contribution < -0.4 is 5.32 Å². The van der Waals surface area contributed by atoms with E-state index in [-0.39, 0.29) is 0 Å². The van der Waals surface area contributed by atoms with Gasteiger partial charge in [0.2, 0.25) is 5.95 Å². The van der Waals surface area contributed by atoms with Gasteiger partial charge in [-0.15, -0.1) is 0 Å². The van der Waals surface area contributed by atoms with E-state index in [1.807, 2.05) is 12.4 Å². The molecule has 0 atom stereocenters. The van der Waals surface area contributed by atoms with Gasteiger partial charge in [-0.05, 0) is 30.4 Å². The Morgan fingerprint density at radius 1 is 1.11 bits per heavy atom. The average Bonchev–Trinajstić information content (AvgIpc) is 2.87. The Kier molecular flexibility index (Phi) is 4.61. The standard InChI is InChI=1S/C16H23N3/c1-4-11-19-12-10-17-16(19)18-15-13(5-2)8-7-9-14(15)6-3/h7-10,12H,4-6,11H2,1-3H3,(H,17,18). The Bertz CT molecular complexity index is 506. The number of aryl methyl sites for hydroxylation is 3. The van der Waals surface area contributed by atoms with Crippen molar-refractivity contribution in [2.45, 2.75) is 46.6 Å². The molecule has 0 saturated carbocycles. The average molecular weight is 257 g/mol. The fraction of sp³-hybridized carbons (Fsp3) is 0.438. The Labute approximate surface area is 115 Å². The number of hydrogen-bond acceptors (Lipinski definition) is 2. The second-order valence-electron chi connectivity index (χ2n) is 4.73. The van der Waals surface area contributed by atoms with Crippen LogP contribution in [-0.2, 0) is 19.4 Å². The van der Waals surface area contributed by atoms with Crippen LogP contribution in [0.1, 0.15) is 38.3 Å². The maximum absolute atomic E-state index is 4.43. The van der Waals surface area contributed by atoms with E-state index in [1.165, 1.54) is 16.8 Å². The maximum atomic E-state index is 4.43. The third-order valence-corrected chi connectivity index (χ3v) is 3.42. The lowest BCUT2D eigenvalue weighted by atomic mass is 10.0. The molecule has 3 heteroatoms. The highest BCUT2D eigenvalue weighted by Crippen LogP contribution is 2.25. The topological polar surface area (TPSA) is 29.9 Å². The van der Waals surface area contributed by atoms with Gasteiger partial charge < -0.3 is 9.88 Å². The van der Waals surface area contributed by atoms with Gasteiger partial charge in [-0.25, -0.2) is 4.98 Å². The lowest BCUT2D eigenvalue weighted by molar-refractivity contribution is 0.686. The van der Waals surface area contributed by atoms with E-state index in [0.717, 1.165) is 31.8 Å². The third-order valence-electron chi connectivity index (χ3n) is 3.42. The molecule has 0 spiro atoms. The van der Waals surface area contributed by atoms with Gasteiger partial charge >= 0.3 is 0 Å². The zero-order valence-electron chi connectivity index (χ0n) is 12.1. The van der Waals surface area contributed by atoms with Crippen LogP contribution in [0.15, 0.2) is 30.6 Å². The molecule has 0 fully saturated rings. The molecule has 1 aromatic carbocycles. The van der Waals surface area contributed by atoms with Gasteiger partial charge in [0, 0.05) is 24.6 Å². The summed E-state index contributed by atoms with van der Waals surface area (Å²) >= 11 is 0. The molecule has 0 aliphatic heterocycles. The number of rotatable bonds is 6. The Hall–Kier alpha value is -1.77. The van der Waals surface area contributed by atoms with Crippen molar-refractivity contribution >= 4 is 11.6 Å². The number of benzene rings is 1. The van der Waals surface area contributed by atoms with Gasteiger partial charge in [-0.1, -0.05) is 39.0 Å². The number of nitrogens with zero attached hydrogens (tertiary/aromatic N) is 2. The van der Waals surface area contributed by atoms with Crippen LogP contribution in [0.4, 0.5) is 11.6 Å². The summed E-state index contributed by atoms with van der Waals surface area (Å²) in [4.78, 5) is 4.43. The predicted molar refractivity (Wildman–Crippen MR) is 81.0 cm³/mol. The largest absolute Gasteiger partial charge is 0.325 e. The molecule has 2 aromatic rings. The number of anilines is 2. The maximum Gasteiger partial charge on any atom is 0.207 e. The van der Waals surface area contributed by atoms with Gasteiger partial charge in [0.15, 0.2) is 0 Å². The summed E-state index contributed by atoms with van der Waals surface area (Å²) in [5.41, 5.74) is 3.94. The van der Waals surface area contributed by atoms with Crippen molar-refractivity contribution in [2.24, 2.45) is 0 Å². The number of imidazole rings is 1. The minimum atomic E-state index is 0.942. The van der Waals surface area contributed by atoms with Crippen LogP contribution >= 0.6 is 0 Å². The molecule has 0 aliphatic rings. The van der Waals surface area contributed by atoms with Gasteiger partial charge in [0.1, 0.15) is 0 Å². The van der Waals surface area contributed by atoms with E-state index < -0.39 is 0 Å². The van der Waals surface area contributed by atoms with E-state index in [4.69, 9.17) is 0 Å². The summed E-state index contributed by atoms with van der Waals surface area (Å²) in [6.45, 7) is 7.57. The summed E-state index contributed by atoms with van der Waals surface area (Å²) < 4.78 is 2.17. The molecule has 0 unspecified atom stereocenters. The molecule has 1 N–H and O–H groups in total. The van der Waals surface area contributed by atoms with Gasteiger partial charge in [0.05, 0.1) is 0 Å². The number of nitrogens with one attached hydrogen (secondary N) is 1. The fourth-order valence-electron chi connectivity index (χ4n) is 2.37. The highest BCUT2D eigenvalue weighted by Gasteiger charge is 2.09. The molecule has 3 nitrogen and oxygen atoms in total. The molecule has 0 amide bonds. The van der Waals surface area contributed by atoms with Crippen LogP contribution in [0.5, 0.6) is 0 Å². The minimum absolute atomic E-state index is 0.942. The summed E-state index contributed by atoms with van der Waals surface area (Å²) in [6.07, 6.45) is 7.07. The quantitative estimate of drug-likeness (QED) is 0.842. The number of para-hydroxylation sites is 1. The number of aromatic nitrogens is 2. The molecule has 1 heterocycles. The smallest absolute Gasteiger partial charge is 0.207 e. The highest BCUT2D eigenvalue weighted by molar-refractivity contribution is 5.63. The third kappa shape index (κ3) is 2.98.